The van der Waals surface area contributed by atoms with Gasteiger partial charge in [0, 0.05) is 0 Å². The first kappa shape index (κ1) is 24.4. The highest BCUT2D eigenvalue weighted by Gasteiger charge is 2.24. The first-order valence-corrected chi connectivity index (χ1v) is 11.4. The average molecular weight is 483 g/mol. The van der Waals surface area contributed by atoms with Crippen molar-refractivity contribution in [2.24, 2.45) is 5.10 Å². The summed E-state index contributed by atoms with van der Waals surface area (Å²) in [5.74, 6) is -1.45. The molecule has 36 heavy (non-hydrogen) atoms. The van der Waals surface area contributed by atoms with Crippen LogP contribution in [0.2, 0.25) is 0 Å². The zero-order valence-electron chi connectivity index (χ0n) is 20.0. The number of nitrogens with one attached hydrogen (secondary N) is 2. The highest BCUT2D eigenvalue weighted by Crippen LogP contribution is 2.24. The number of H-pyrrole nitrogens is 1. The van der Waals surface area contributed by atoms with Crippen LogP contribution in [0.4, 0.5) is 0 Å². The Morgan fingerprint density at radius 2 is 1.44 bits per heavy atom. The second-order valence-corrected chi connectivity index (χ2v) is 8.12. The zero-order chi connectivity index (χ0) is 25.5. The number of benzene rings is 3. The van der Waals surface area contributed by atoms with E-state index in [2.05, 4.69) is 15.6 Å². The van der Waals surface area contributed by atoms with Crippen molar-refractivity contribution in [3.63, 3.8) is 0 Å². The van der Waals surface area contributed by atoms with E-state index in [4.69, 9.17) is 4.74 Å². The van der Waals surface area contributed by atoms with Crippen LogP contribution in [0.3, 0.4) is 0 Å². The third kappa shape index (κ3) is 5.33. The maximum absolute atomic E-state index is 13.3. The summed E-state index contributed by atoms with van der Waals surface area (Å²) in [7, 11) is 1.28. The predicted molar refractivity (Wildman–Crippen MR) is 137 cm³/mol. The molecule has 0 bridgehead atoms. The fraction of sp³-hybridized carbons (Fsp3) is 0.143. The lowest BCUT2D eigenvalue weighted by Crippen LogP contribution is -2.28. The van der Waals surface area contributed by atoms with Crippen LogP contribution in [0, 0.1) is 0 Å². The van der Waals surface area contributed by atoms with Gasteiger partial charge in [-0.3, -0.25) is 19.5 Å². The number of methoxy groups -OCH3 is 1. The van der Waals surface area contributed by atoms with Crippen LogP contribution in [0.1, 0.15) is 35.2 Å². The lowest BCUT2D eigenvalue weighted by atomic mass is 9.91. The van der Waals surface area contributed by atoms with Crippen molar-refractivity contribution in [1.29, 1.82) is 0 Å². The molecule has 0 fully saturated rings. The minimum absolute atomic E-state index is 0.154. The quantitative estimate of drug-likeness (QED) is 0.228. The molecule has 1 heterocycles. The summed E-state index contributed by atoms with van der Waals surface area (Å²) in [6, 6.07) is 27.8. The number of hydrazone groups is 1. The number of para-hydroxylation sites is 1. The van der Waals surface area contributed by atoms with Crippen LogP contribution >= 0.6 is 0 Å². The van der Waals surface area contributed by atoms with Gasteiger partial charge >= 0.3 is 5.97 Å². The third-order valence-electron chi connectivity index (χ3n) is 5.75. The normalized spacial score (nSPS) is 11.4. The number of aromatic amines is 1. The fourth-order valence-corrected chi connectivity index (χ4v) is 4.00. The summed E-state index contributed by atoms with van der Waals surface area (Å²) in [6.07, 6.45) is -0.154. The van der Waals surface area contributed by atoms with Crippen molar-refractivity contribution in [2.45, 2.75) is 19.3 Å². The highest BCUT2D eigenvalue weighted by molar-refractivity contribution is 6.01. The van der Waals surface area contributed by atoms with E-state index in [0.29, 0.717) is 11.4 Å². The molecule has 0 aliphatic carbocycles. The molecule has 3 aromatic carbocycles. The molecular weight excluding hydrogens is 456 g/mol. The Kier molecular flexibility index (Phi) is 7.55. The fourth-order valence-electron chi connectivity index (χ4n) is 4.00. The van der Waals surface area contributed by atoms with Crippen LogP contribution in [-0.2, 0) is 20.7 Å². The smallest absolute Gasteiger partial charge is 0.311 e. The number of ether oxygens (including phenoxy) is 1. The van der Waals surface area contributed by atoms with Gasteiger partial charge in [-0.25, -0.2) is 10.1 Å². The first-order chi connectivity index (χ1) is 17.5. The number of nitrogens with zero attached hydrogens (tertiary/aromatic N) is 2. The predicted octanol–water partition coefficient (Wildman–Crippen LogP) is 3.55. The lowest BCUT2D eigenvalue weighted by Gasteiger charge is -2.16. The molecule has 0 aliphatic rings. The molecular formula is C28H26N4O4. The van der Waals surface area contributed by atoms with Crippen LogP contribution in [0.5, 0.6) is 0 Å². The van der Waals surface area contributed by atoms with Gasteiger partial charge in [-0.05, 0) is 30.2 Å². The molecule has 0 atom stereocenters. The van der Waals surface area contributed by atoms with Crippen LogP contribution in [-0.4, -0.2) is 34.5 Å². The maximum atomic E-state index is 13.3. The SMILES string of the molecule is COC(=O)Cc1[nH]n(-c2ccccc2)c(=O)c1/C(C)=N/NC(=O)C(c1ccccc1)c1ccccc1. The Bertz CT molecular complexity index is 1390. The summed E-state index contributed by atoms with van der Waals surface area (Å²) in [6.45, 7) is 1.61. The van der Waals surface area contributed by atoms with Crippen molar-refractivity contribution in [3.8, 4) is 5.69 Å². The Morgan fingerprint density at radius 1 is 0.917 bits per heavy atom. The average Bonchev–Trinajstić information content (AvgIpc) is 3.24. The van der Waals surface area contributed by atoms with E-state index >= 15 is 0 Å². The summed E-state index contributed by atoms with van der Waals surface area (Å²) < 4.78 is 6.13. The number of aromatic nitrogens is 2. The molecule has 1 aromatic heterocycles. The van der Waals surface area contributed by atoms with E-state index in [1.165, 1.54) is 11.8 Å². The topological polar surface area (TPSA) is 106 Å². The molecule has 4 aromatic rings. The second kappa shape index (κ2) is 11.1. The highest BCUT2D eigenvalue weighted by atomic mass is 16.5. The number of esters is 1. The molecule has 0 saturated carbocycles. The molecule has 0 unspecified atom stereocenters. The number of amides is 1. The van der Waals surface area contributed by atoms with Crippen molar-refractivity contribution < 1.29 is 14.3 Å². The molecule has 0 aliphatic heterocycles. The second-order valence-electron chi connectivity index (χ2n) is 8.12. The van der Waals surface area contributed by atoms with E-state index < -0.39 is 17.4 Å². The molecule has 182 valence electrons. The van der Waals surface area contributed by atoms with Crippen molar-refractivity contribution in [3.05, 3.63) is 124 Å². The van der Waals surface area contributed by atoms with Crippen molar-refractivity contribution >= 4 is 17.6 Å². The first-order valence-electron chi connectivity index (χ1n) is 11.4. The van der Waals surface area contributed by atoms with Gasteiger partial charge in [-0.1, -0.05) is 78.9 Å². The van der Waals surface area contributed by atoms with Gasteiger partial charge in [-0.15, -0.1) is 0 Å². The number of carbonyl (C=O) groups excluding carboxylic acids is 2. The Morgan fingerprint density at radius 3 is 1.97 bits per heavy atom. The van der Waals surface area contributed by atoms with Crippen LogP contribution in [0.15, 0.2) is 101 Å². The van der Waals surface area contributed by atoms with Crippen LogP contribution in [0.25, 0.3) is 5.69 Å². The number of hydrogen-bond donors (Lipinski definition) is 2. The van der Waals surface area contributed by atoms with Gasteiger partial charge in [0.15, 0.2) is 0 Å². The van der Waals surface area contributed by atoms with Gasteiger partial charge in [0.25, 0.3) is 11.5 Å². The Balaban J connectivity index is 1.69. The Labute approximate surface area is 208 Å². The van der Waals surface area contributed by atoms with E-state index in [9.17, 15) is 14.4 Å². The van der Waals surface area contributed by atoms with E-state index in [0.717, 1.165) is 11.1 Å². The Hall–Kier alpha value is -4.72. The standard InChI is InChI=1S/C28H26N4O4/c1-19(25-23(18-24(33)36-2)31-32(28(25)35)22-16-10-5-11-17-22)29-30-27(34)26(20-12-6-3-7-13-20)21-14-8-4-9-15-21/h3-17,26,31H,18H2,1-2H3,(H,30,34)/b29-19+. The van der Waals surface area contributed by atoms with Gasteiger partial charge in [0.05, 0.1) is 42.1 Å². The van der Waals surface area contributed by atoms with Crippen molar-refractivity contribution in [1.82, 2.24) is 15.2 Å². The summed E-state index contributed by atoms with van der Waals surface area (Å²) in [4.78, 5) is 38.6. The minimum Gasteiger partial charge on any atom is -0.469 e. The lowest BCUT2D eigenvalue weighted by molar-refractivity contribution is -0.139. The number of carbonyl (C=O) groups is 2. The minimum atomic E-state index is -0.592. The largest absolute Gasteiger partial charge is 0.469 e. The van der Waals surface area contributed by atoms with Crippen LogP contribution < -0.4 is 11.0 Å². The van der Waals surface area contributed by atoms with Gasteiger partial charge < -0.3 is 4.74 Å². The summed E-state index contributed by atoms with van der Waals surface area (Å²) >= 11 is 0. The number of rotatable bonds is 8. The van der Waals surface area contributed by atoms with E-state index in [1.54, 1.807) is 31.2 Å². The summed E-state index contributed by atoms with van der Waals surface area (Å²) in [5, 5.41) is 7.24. The molecule has 0 spiro atoms. The van der Waals surface area contributed by atoms with E-state index in [-0.39, 0.29) is 23.6 Å². The molecule has 8 heteroatoms. The number of hydrogen-bond acceptors (Lipinski definition) is 5. The molecule has 2 N–H and O–H groups in total. The van der Waals surface area contributed by atoms with Gasteiger partial charge in [-0.2, -0.15) is 5.10 Å². The molecule has 0 saturated heterocycles. The molecule has 1 amide bonds. The molecule has 8 nitrogen and oxygen atoms in total. The monoisotopic (exact) mass is 482 g/mol. The van der Waals surface area contributed by atoms with Gasteiger partial charge in [0.2, 0.25) is 0 Å². The zero-order valence-corrected chi connectivity index (χ0v) is 20.0. The van der Waals surface area contributed by atoms with Crippen molar-refractivity contribution in [2.75, 3.05) is 7.11 Å². The van der Waals surface area contributed by atoms with Gasteiger partial charge in [0.1, 0.15) is 0 Å². The molecule has 4 rings (SSSR count). The van der Waals surface area contributed by atoms with E-state index in [1.807, 2.05) is 66.7 Å². The third-order valence-corrected chi connectivity index (χ3v) is 5.75. The molecule has 0 radical (unpaired) electrons. The summed E-state index contributed by atoms with van der Waals surface area (Å²) in [5.41, 5.74) is 5.26. The maximum Gasteiger partial charge on any atom is 0.311 e.